The molecule has 1 amide bonds. The molecule has 0 saturated heterocycles. The summed E-state index contributed by atoms with van der Waals surface area (Å²) in [5.41, 5.74) is 2.07. The minimum absolute atomic E-state index is 0.128. The van der Waals surface area contributed by atoms with Crippen molar-refractivity contribution in [3.8, 4) is 5.75 Å². The van der Waals surface area contributed by atoms with Gasteiger partial charge in [-0.1, -0.05) is 23.4 Å². The number of fused-ring (bicyclic) bond motifs is 1. The van der Waals surface area contributed by atoms with Crippen LogP contribution in [0.25, 0.3) is 11.0 Å². The van der Waals surface area contributed by atoms with Gasteiger partial charge in [0, 0.05) is 17.1 Å². The third-order valence-electron chi connectivity index (χ3n) is 4.50. The number of hydrogen-bond donors (Lipinski definition) is 1. The number of carbonyl (C=O) groups is 1. The van der Waals surface area contributed by atoms with E-state index in [0.29, 0.717) is 17.4 Å². The second-order valence-corrected chi connectivity index (χ2v) is 6.40. The first-order valence-electron chi connectivity index (χ1n) is 8.68. The highest BCUT2D eigenvalue weighted by Gasteiger charge is 2.17. The SMILES string of the molecule is O=C(Cc1noc2ccccc12)Nc1cccc(OC2CCCC2)c1. The molecule has 1 heterocycles. The Labute approximate surface area is 146 Å². The summed E-state index contributed by atoms with van der Waals surface area (Å²) in [6.07, 6.45) is 5.14. The maximum absolute atomic E-state index is 12.3. The Morgan fingerprint density at radius 1 is 1.16 bits per heavy atom. The van der Waals surface area contributed by atoms with Crippen molar-refractivity contribution in [1.82, 2.24) is 5.16 Å². The lowest BCUT2D eigenvalue weighted by molar-refractivity contribution is -0.115. The lowest BCUT2D eigenvalue weighted by Gasteiger charge is -2.14. The van der Waals surface area contributed by atoms with E-state index in [1.807, 2.05) is 48.5 Å². The third-order valence-corrected chi connectivity index (χ3v) is 4.50. The van der Waals surface area contributed by atoms with Crippen LogP contribution < -0.4 is 10.1 Å². The van der Waals surface area contributed by atoms with Crippen LogP contribution in [0.2, 0.25) is 0 Å². The maximum Gasteiger partial charge on any atom is 0.230 e. The van der Waals surface area contributed by atoms with E-state index >= 15 is 0 Å². The molecule has 5 nitrogen and oxygen atoms in total. The molecule has 1 saturated carbocycles. The van der Waals surface area contributed by atoms with E-state index in [0.717, 1.165) is 29.7 Å². The van der Waals surface area contributed by atoms with Crippen LogP contribution in [0.5, 0.6) is 5.75 Å². The monoisotopic (exact) mass is 336 g/mol. The molecule has 1 aromatic heterocycles. The highest BCUT2D eigenvalue weighted by Crippen LogP contribution is 2.26. The van der Waals surface area contributed by atoms with E-state index in [2.05, 4.69) is 10.5 Å². The molecule has 0 atom stereocenters. The van der Waals surface area contributed by atoms with Gasteiger partial charge < -0.3 is 14.6 Å². The molecular formula is C20H20N2O3. The molecule has 25 heavy (non-hydrogen) atoms. The second-order valence-electron chi connectivity index (χ2n) is 6.40. The minimum atomic E-state index is -0.128. The number of anilines is 1. The number of hydrogen-bond acceptors (Lipinski definition) is 4. The van der Waals surface area contributed by atoms with E-state index in [1.54, 1.807) is 0 Å². The first-order valence-corrected chi connectivity index (χ1v) is 8.68. The molecule has 3 aromatic rings. The van der Waals surface area contributed by atoms with Gasteiger partial charge in [-0.05, 0) is 49.9 Å². The Hall–Kier alpha value is -2.82. The molecule has 1 aliphatic rings. The number of nitrogens with one attached hydrogen (secondary N) is 1. The zero-order valence-corrected chi connectivity index (χ0v) is 13.9. The van der Waals surface area contributed by atoms with Crippen LogP contribution in [-0.4, -0.2) is 17.2 Å². The van der Waals surface area contributed by atoms with Gasteiger partial charge in [0.25, 0.3) is 0 Å². The standard InChI is InChI=1S/C20H20N2O3/c23-20(13-18-17-10-3-4-11-19(17)25-22-18)21-14-6-5-9-16(12-14)24-15-7-1-2-8-15/h3-6,9-12,15H,1-2,7-8,13H2,(H,21,23). The largest absolute Gasteiger partial charge is 0.490 e. The molecular weight excluding hydrogens is 316 g/mol. The Kier molecular flexibility index (Phi) is 4.37. The van der Waals surface area contributed by atoms with E-state index in [9.17, 15) is 4.79 Å². The molecule has 1 N–H and O–H groups in total. The summed E-state index contributed by atoms with van der Waals surface area (Å²) in [4.78, 5) is 12.3. The van der Waals surface area contributed by atoms with Gasteiger partial charge >= 0.3 is 0 Å². The summed E-state index contributed by atoms with van der Waals surface area (Å²) in [5.74, 6) is 0.675. The molecule has 2 aromatic carbocycles. The Balaban J connectivity index is 1.42. The molecule has 1 fully saturated rings. The molecule has 0 spiro atoms. The fourth-order valence-corrected chi connectivity index (χ4v) is 3.27. The third kappa shape index (κ3) is 3.65. The molecule has 128 valence electrons. The Bertz CT molecular complexity index is 881. The number of benzene rings is 2. The van der Waals surface area contributed by atoms with E-state index in [-0.39, 0.29) is 12.3 Å². The topological polar surface area (TPSA) is 64.4 Å². The smallest absolute Gasteiger partial charge is 0.230 e. The van der Waals surface area contributed by atoms with E-state index in [1.165, 1.54) is 12.8 Å². The predicted molar refractivity (Wildman–Crippen MR) is 95.7 cm³/mol. The van der Waals surface area contributed by atoms with E-state index < -0.39 is 0 Å². The van der Waals surface area contributed by atoms with Gasteiger partial charge in [-0.2, -0.15) is 0 Å². The van der Waals surface area contributed by atoms with Gasteiger partial charge in [0.15, 0.2) is 5.58 Å². The molecule has 0 bridgehead atoms. The molecule has 5 heteroatoms. The van der Waals surface area contributed by atoms with Crippen LogP contribution in [0.1, 0.15) is 31.4 Å². The number of ether oxygens (including phenoxy) is 1. The van der Waals surface area contributed by atoms with Crippen LogP contribution in [0.3, 0.4) is 0 Å². The van der Waals surface area contributed by atoms with Crippen LogP contribution in [-0.2, 0) is 11.2 Å². The summed E-state index contributed by atoms with van der Waals surface area (Å²) in [6.45, 7) is 0. The Morgan fingerprint density at radius 2 is 2.00 bits per heavy atom. The average molecular weight is 336 g/mol. The fourth-order valence-electron chi connectivity index (χ4n) is 3.27. The summed E-state index contributed by atoms with van der Waals surface area (Å²) in [6, 6.07) is 15.1. The zero-order chi connectivity index (χ0) is 17.1. The van der Waals surface area contributed by atoms with Crippen LogP contribution in [0.4, 0.5) is 5.69 Å². The first-order chi connectivity index (χ1) is 12.3. The van der Waals surface area contributed by atoms with Crippen molar-refractivity contribution in [3.05, 3.63) is 54.2 Å². The molecule has 0 unspecified atom stereocenters. The van der Waals surface area contributed by atoms with Gasteiger partial charge in [-0.25, -0.2) is 0 Å². The van der Waals surface area contributed by atoms with Crippen molar-refractivity contribution >= 4 is 22.6 Å². The van der Waals surface area contributed by atoms with Crippen LogP contribution in [0, 0.1) is 0 Å². The lowest BCUT2D eigenvalue weighted by Crippen LogP contribution is -2.15. The van der Waals surface area contributed by atoms with Crippen LogP contribution in [0.15, 0.2) is 53.1 Å². The summed E-state index contributed by atoms with van der Waals surface area (Å²) in [5, 5.41) is 7.78. The number of amides is 1. The molecule has 4 rings (SSSR count). The molecule has 0 aliphatic heterocycles. The number of aromatic nitrogens is 1. The molecule has 0 radical (unpaired) electrons. The van der Waals surface area contributed by atoms with Crippen molar-refractivity contribution < 1.29 is 14.1 Å². The normalized spacial score (nSPS) is 14.7. The Morgan fingerprint density at radius 3 is 2.88 bits per heavy atom. The van der Waals surface area contributed by atoms with Crippen molar-refractivity contribution in [3.63, 3.8) is 0 Å². The van der Waals surface area contributed by atoms with Gasteiger partial charge in [0.2, 0.25) is 5.91 Å². The van der Waals surface area contributed by atoms with Crippen molar-refractivity contribution in [2.24, 2.45) is 0 Å². The summed E-state index contributed by atoms with van der Waals surface area (Å²) in [7, 11) is 0. The van der Waals surface area contributed by atoms with Gasteiger partial charge in [-0.3, -0.25) is 4.79 Å². The summed E-state index contributed by atoms with van der Waals surface area (Å²) < 4.78 is 11.2. The second kappa shape index (κ2) is 6.97. The molecule has 1 aliphatic carbocycles. The minimum Gasteiger partial charge on any atom is -0.490 e. The zero-order valence-electron chi connectivity index (χ0n) is 13.9. The van der Waals surface area contributed by atoms with Crippen molar-refractivity contribution in [2.45, 2.75) is 38.2 Å². The number of para-hydroxylation sites is 1. The maximum atomic E-state index is 12.3. The average Bonchev–Trinajstić information content (AvgIpc) is 3.26. The van der Waals surface area contributed by atoms with E-state index in [4.69, 9.17) is 9.26 Å². The predicted octanol–water partition coefficient (Wildman–Crippen LogP) is 4.33. The number of rotatable bonds is 5. The van der Waals surface area contributed by atoms with Gasteiger partial charge in [0.1, 0.15) is 11.4 Å². The highest BCUT2D eigenvalue weighted by atomic mass is 16.5. The van der Waals surface area contributed by atoms with Gasteiger partial charge in [0.05, 0.1) is 12.5 Å². The number of nitrogens with zero attached hydrogens (tertiary/aromatic N) is 1. The van der Waals surface area contributed by atoms with Gasteiger partial charge in [-0.15, -0.1) is 0 Å². The highest BCUT2D eigenvalue weighted by molar-refractivity contribution is 5.94. The lowest BCUT2D eigenvalue weighted by atomic mass is 10.1. The van der Waals surface area contributed by atoms with Crippen molar-refractivity contribution in [1.29, 1.82) is 0 Å². The first kappa shape index (κ1) is 15.7. The number of carbonyl (C=O) groups excluding carboxylic acids is 1. The fraction of sp³-hybridized carbons (Fsp3) is 0.300. The summed E-state index contributed by atoms with van der Waals surface area (Å²) >= 11 is 0. The quantitative estimate of drug-likeness (QED) is 0.753. The van der Waals surface area contributed by atoms with Crippen LogP contribution >= 0.6 is 0 Å². The van der Waals surface area contributed by atoms with Crippen molar-refractivity contribution in [2.75, 3.05) is 5.32 Å².